The standard InChI is InChI=1S/C13H24N4O3S/c1-5-6-14-11-9-13(16-12(15-11)10-20-3)17(2)7-8-21(4,18)19/h9H,5-8,10H2,1-4H3,(H,14,15,16). The number of aromatic nitrogens is 2. The number of anilines is 2. The van der Waals surface area contributed by atoms with E-state index in [-0.39, 0.29) is 5.75 Å². The highest BCUT2D eigenvalue weighted by Gasteiger charge is 2.11. The van der Waals surface area contributed by atoms with Gasteiger partial charge in [0, 0.05) is 39.6 Å². The van der Waals surface area contributed by atoms with Crippen LogP contribution < -0.4 is 10.2 Å². The van der Waals surface area contributed by atoms with E-state index in [9.17, 15) is 8.42 Å². The molecule has 1 N–H and O–H groups in total. The number of methoxy groups -OCH3 is 1. The van der Waals surface area contributed by atoms with E-state index in [1.807, 2.05) is 13.1 Å². The molecule has 7 nitrogen and oxygen atoms in total. The summed E-state index contributed by atoms with van der Waals surface area (Å²) in [5.74, 6) is 2.06. The summed E-state index contributed by atoms with van der Waals surface area (Å²) in [7, 11) is 0.402. The Bertz CT molecular complexity index is 548. The Hall–Kier alpha value is -1.41. The fraction of sp³-hybridized carbons (Fsp3) is 0.692. The molecule has 0 aliphatic carbocycles. The molecule has 0 unspecified atom stereocenters. The topological polar surface area (TPSA) is 84.4 Å². The van der Waals surface area contributed by atoms with Crippen molar-refractivity contribution in [2.75, 3.05) is 49.5 Å². The van der Waals surface area contributed by atoms with Gasteiger partial charge in [-0.3, -0.25) is 0 Å². The molecule has 0 fully saturated rings. The summed E-state index contributed by atoms with van der Waals surface area (Å²) in [5.41, 5.74) is 0. The molecule has 0 saturated carbocycles. The number of hydrogen-bond acceptors (Lipinski definition) is 7. The molecule has 8 heteroatoms. The summed E-state index contributed by atoms with van der Waals surface area (Å²) in [5, 5.41) is 3.21. The van der Waals surface area contributed by atoms with E-state index >= 15 is 0 Å². The maximum atomic E-state index is 11.3. The van der Waals surface area contributed by atoms with Gasteiger partial charge < -0.3 is 15.0 Å². The highest BCUT2D eigenvalue weighted by Crippen LogP contribution is 2.15. The summed E-state index contributed by atoms with van der Waals surface area (Å²) >= 11 is 0. The van der Waals surface area contributed by atoms with Gasteiger partial charge in [0.05, 0.1) is 5.75 Å². The van der Waals surface area contributed by atoms with Gasteiger partial charge in [0.25, 0.3) is 0 Å². The largest absolute Gasteiger partial charge is 0.377 e. The van der Waals surface area contributed by atoms with E-state index in [0.717, 1.165) is 18.8 Å². The number of sulfone groups is 1. The van der Waals surface area contributed by atoms with Crippen LogP contribution in [0.2, 0.25) is 0 Å². The Morgan fingerprint density at radius 1 is 1.38 bits per heavy atom. The molecular formula is C13H24N4O3S. The van der Waals surface area contributed by atoms with Crippen LogP contribution in [-0.4, -0.2) is 57.6 Å². The zero-order chi connectivity index (χ0) is 15.9. The minimum Gasteiger partial charge on any atom is -0.377 e. The van der Waals surface area contributed by atoms with Crippen molar-refractivity contribution in [2.45, 2.75) is 20.0 Å². The summed E-state index contributed by atoms with van der Waals surface area (Å²) in [6.07, 6.45) is 2.22. The Labute approximate surface area is 126 Å². The van der Waals surface area contributed by atoms with Crippen LogP contribution in [0.4, 0.5) is 11.6 Å². The SMILES string of the molecule is CCCNc1cc(N(C)CCS(C)(=O)=O)nc(COC)n1. The van der Waals surface area contributed by atoms with Gasteiger partial charge >= 0.3 is 0 Å². The Kier molecular flexibility index (Phi) is 6.83. The first-order valence-electron chi connectivity index (χ1n) is 6.85. The lowest BCUT2D eigenvalue weighted by atomic mass is 10.4. The van der Waals surface area contributed by atoms with E-state index in [0.29, 0.717) is 24.8 Å². The van der Waals surface area contributed by atoms with Crippen molar-refractivity contribution >= 4 is 21.5 Å². The van der Waals surface area contributed by atoms with Crippen molar-refractivity contribution in [3.63, 3.8) is 0 Å². The molecule has 0 aromatic carbocycles. The summed E-state index contributed by atoms with van der Waals surface area (Å²) < 4.78 is 27.6. The fourth-order valence-electron chi connectivity index (χ4n) is 1.63. The Morgan fingerprint density at radius 3 is 2.67 bits per heavy atom. The Balaban J connectivity index is 2.89. The van der Waals surface area contributed by atoms with Crippen molar-refractivity contribution < 1.29 is 13.2 Å². The molecule has 0 aliphatic heterocycles. The first kappa shape index (κ1) is 17.6. The number of nitrogens with zero attached hydrogens (tertiary/aromatic N) is 3. The molecule has 120 valence electrons. The van der Waals surface area contributed by atoms with Crippen LogP contribution in [0.3, 0.4) is 0 Å². The summed E-state index contributed by atoms with van der Waals surface area (Å²) in [6, 6.07) is 1.82. The summed E-state index contributed by atoms with van der Waals surface area (Å²) in [6.45, 7) is 3.59. The van der Waals surface area contributed by atoms with Gasteiger partial charge in [-0.2, -0.15) is 0 Å². The maximum Gasteiger partial charge on any atom is 0.158 e. The van der Waals surface area contributed by atoms with Crippen LogP contribution in [0.5, 0.6) is 0 Å². The van der Waals surface area contributed by atoms with Crippen molar-refractivity contribution in [3.8, 4) is 0 Å². The molecule has 0 atom stereocenters. The molecule has 0 bridgehead atoms. The van der Waals surface area contributed by atoms with E-state index in [4.69, 9.17) is 4.74 Å². The van der Waals surface area contributed by atoms with Gasteiger partial charge in [0.15, 0.2) is 5.82 Å². The quantitative estimate of drug-likeness (QED) is 0.725. The normalized spacial score (nSPS) is 11.4. The lowest BCUT2D eigenvalue weighted by Gasteiger charge is -2.19. The molecule has 21 heavy (non-hydrogen) atoms. The van der Waals surface area contributed by atoms with E-state index in [2.05, 4.69) is 22.2 Å². The van der Waals surface area contributed by atoms with Gasteiger partial charge in [-0.1, -0.05) is 6.92 Å². The van der Waals surface area contributed by atoms with Crippen LogP contribution in [0.15, 0.2) is 6.07 Å². The minimum absolute atomic E-state index is 0.0881. The summed E-state index contributed by atoms with van der Waals surface area (Å²) in [4.78, 5) is 10.6. The van der Waals surface area contributed by atoms with Gasteiger partial charge in [0.2, 0.25) is 0 Å². The lowest BCUT2D eigenvalue weighted by molar-refractivity contribution is 0.178. The molecule has 1 rings (SSSR count). The number of ether oxygens (including phenoxy) is 1. The van der Waals surface area contributed by atoms with Crippen LogP contribution in [0.1, 0.15) is 19.2 Å². The molecule has 0 radical (unpaired) electrons. The van der Waals surface area contributed by atoms with Crippen molar-refractivity contribution in [3.05, 3.63) is 11.9 Å². The third-order valence-corrected chi connectivity index (χ3v) is 3.70. The van der Waals surface area contributed by atoms with Gasteiger partial charge in [0.1, 0.15) is 28.1 Å². The smallest absolute Gasteiger partial charge is 0.158 e. The van der Waals surface area contributed by atoms with E-state index in [1.165, 1.54) is 6.26 Å². The molecule has 0 amide bonds. The lowest BCUT2D eigenvalue weighted by Crippen LogP contribution is -2.26. The van der Waals surface area contributed by atoms with Crippen molar-refractivity contribution in [1.29, 1.82) is 0 Å². The maximum absolute atomic E-state index is 11.3. The molecule has 0 spiro atoms. The number of rotatable bonds is 9. The van der Waals surface area contributed by atoms with Crippen molar-refractivity contribution in [1.82, 2.24) is 9.97 Å². The number of nitrogens with one attached hydrogen (secondary N) is 1. The highest BCUT2D eigenvalue weighted by molar-refractivity contribution is 7.90. The van der Waals surface area contributed by atoms with Gasteiger partial charge in [-0.05, 0) is 6.42 Å². The van der Waals surface area contributed by atoms with E-state index < -0.39 is 9.84 Å². The fourth-order valence-corrected chi connectivity index (χ4v) is 2.24. The zero-order valence-corrected chi connectivity index (χ0v) is 13.9. The molecule has 1 aromatic heterocycles. The molecule has 0 aliphatic rings. The minimum atomic E-state index is -3.00. The second kappa shape index (κ2) is 8.14. The van der Waals surface area contributed by atoms with Crippen molar-refractivity contribution in [2.24, 2.45) is 0 Å². The van der Waals surface area contributed by atoms with Gasteiger partial charge in [-0.15, -0.1) is 0 Å². The van der Waals surface area contributed by atoms with E-state index in [1.54, 1.807) is 12.0 Å². The molecule has 1 heterocycles. The molecule has 0 saturated heterocycles. The van der Waals surface area contributed by atoms with Gasteiger partial charge in [-0.25, -0.2) is 18.4 Å². The van der Waals surface area contributed by atoms with Crippen LogP contribution >= 0.6 is 0 Å². The molecule has 1 aromatic rings. The first-order valence-corrected chi connectivity index (χ1v) is 8.91. The third kappa shape index (κ3) is 6.72. The second-order valence-electron chi connectivity index (χ2n) is 4.94. The number of hydrogen-bond donors (Lipinski definition) is 1. The molecular weight excluding hydrogens is 292 g/mol. The predicted molar refractivity (Wildman–Crippen MR) is 84.5 cm³/mol. The predicted octanol–water partition coefficient (Wildman–Crippen LogP) is 0.926. The van der Waals surface area contributed by atoms with Crippen LogP contribution in [0, 0.1) is 0 Å². The van der Waals surface area contributed by atoms with Crippen LogP contribution in [0.25, 0.3) is 0 Å². The average molecular weight is 316 g/mol. The Morgan fingerprint density at radius 2 is 2.10 bits per heavy atom. The highest BCUT2D eigenvalue weighted by atomic mass is 32.2. The monoisotopic (exact) mass is 316 g/mol. The first-order chi connectivity index (χ1) is 9.85. The van der Waals surface area contributed by atoms with Crippen LogP contribution in [-0.2, 0) is 21.2 Å². The average Bonchev–Trinajstić information content (AvgIpc) is 2.42. The zero-order valence-electron chi connectivity index (χ0n) is 13.1. The third-order valence-electron chi connectivity index (χ3n) is 2.78. The second-order valence-corrected chi connectivity index (χ2v) is 7.20.